The van der Waals surface area contributed by atoms with E-state index in [1.807, 2.05) is 20.8 Å². The third kappa shape index (κ3) is 1.17. The summed E-state index contributed by atoms with van der Waals surface area (Å²) in [7, 11) is 0. The predicted molar refractivity (Wildman–Crippen MR) is 54.5 cm³/mol. The second-order valence-corrected chi connectivity index (χ2v) is 5.30. The van der Waals surface area contributed by atoms with Crippen molar-refractivity contribution in [2.24, 2.45) is 11.3 Å². The van der Waals surface area contributed by atoms with Crippen LogP contribution >= 0.6 is 11.3 Å². The maximum Gasteiger partial charge on any atom is 0.307 e. The van der Waals surface area contributed by atoms with Crippen molar-refractivity contribution in [2.75, 3.05) is 0 Å². The lowest BCUT2D eigenvalue weighted by molar-refractivity contribution is -0.139. The molecule has 1 saturated carbocycles. The Hall–Kier alpha value is -0.900. The van der Waals surface area contributed by atoms with Crippen molar-refractivity contribution in [1.82, 2.24) is 4.98 Å². The van der Waals surface area contributed by atoms with E-state index in [-0.39, 0.29) is 17.3 Å². The molecule has 4 heteroatoms. The minimum atomic E-state index is -0.687. The molecule has 1 N–H and O–H groups in total. The summed E-state index contributed by atoms with van der Waals surface area (Å²) in [5, 5.41) is 9.03. The van der Waals surface area contributed by atoms with Crippen molar-refractivity contribution in [3.05, 3.63) is 16.1 Å². The van der Waals surface area contributed by atoms with E-state index in [9.17, 15) is 4.79 Å². The van der Waals surface area contributed by atoms with Gasteiger partial charge in [-0.2, -0.15) is 0 Å². The summed E-state index contributed by atoms with van der Waals surface area (Å²) in [6.45, 7) is 5.96. The van der Waals surface area contributed by atoms with Gasteiger partial charge in [-0.3, -0.25) is 4.79 Å². The molecule has 2 rings (SSSR count). The molecule has 0 aromatic carbocycles. The SMILES string of the molecule is Cc1ncsc1[C@@H]1[C@@H](C(=O)O)C1(C)C. The molecule has 0 spiro atoms. The second-order valence-electron chi connectivity index (χ2n) is 4.42. The van der Waals surface area contributed by atoms with Crippen molar-refractivity contribution in [3.63, 3.8) is 0 Å². The van der Waals surface area contributed by atoms with Gasteiger partial charge < -0.3 is 5.11 Å². The summed E-state index contributed by atoms with van der Waals surface area (Å²) >= 11 is 1.57. The fourth-order valence-electron chi connectivity index (χ4n) is 2.20. The Morgan fingerprint density at radius 1 is 1.64 bits per heavy atom. The van der Waals surface area contributed by atoms with Crippen LogP contribution in [0.15, 0.2) is 5.51 Å². The highest BCUT2D eigenvalue weighted by Crippen LogP contribution is 2.65. The Morgan fingerprint density at radius 3 is 2.64 bits per heavy atom. The molecular weight excluding hydrogens is 198 g/mol. The highest BCUT2D eigenvalue weighted by atomic mass is 32.1. The Labute approximate surface area is 86.8 Å². The number of hydrogen-bond acceptors (Lipinski definition) is 3. The Kier molecular flexibility index (Phi) is 1.93. The van der Waals surface area contributed by atoms with Crippen molar-refractivity contribution >= 4 is 17.3 Å². The number of aromatic nitrogens is 1. The number of carboxylic acids is 1. The fraction of sp³-hybridized carbons (Fsp3) is 0.600. The second kappa shape index (κ2) is 2.79. The zero-order valence-corrected chi connectivity index (χ0v) is 9.26. The van der Waals surface area contributed by atoms with E-state index >= 15 is 0 Å². The highest BCUT2D eigenvalue weighted by Gasteiger charge is 2.63. The van der Waals surface area contributed by atoms with Crippen LogP contribution in [0, 0.1) is 18.3 Å². The molecule has 1 aliphatic carbocycles. The van der Waals surface area contributed by atoms with Gasteiger partial charge in [0.25, 0.3) is 0 Å². The van der Waals surface area contributed by atoms with Crippen LogP contribution in [0.4, 0.5) is 0 Å². The van der Waals surface area contributed by atoms with Crippen LogP contribution in [-0.4, -0.2) is 16.1 Å². The molecule has 0 saturated heterocycles. The molecule has 0 unspecified atom stereocenters. The monoisotopic (exact) mass is 211 g/mol. The van der Waals surface area contributed by atoms with Gasteiger partial charge in [-0.25, -0.2) is 4.98 Å². The maximum absolute atomic E-state index is 11.0. The first kappa shape index (κ1) is 9.65. The summed E-state index contributed by atoms with van der Waals surface area (Å²) in [5.41, 5.74) is 2.66. The average molecular weight is 211 g/mol. The first-order valence-corrected chi connectivity index (χ1v) is 5.47. The molecule has 0 amide bonds. The molecule has 0 aliphatic heterocycles. The van der Waals surface area contributed by atoms with Crippen LogP contribution in [0.25, 0.3) is 0 Å². The zero-order valence-electron chi connectivity index (χ0n) is 8.44. The van der Waals surface area contributed by atoms with Crippen LogP contribution in [0.3, 0.4) is 0 Å². The number of aryl methyl sites for hydroxylation is 1. The van der Waals surface area contributed by atoms with E-state index in [1.54, 1.807) is 16.8 Å². The highest BCUT2D eigenvalue weighted by molar-refractivity contribution is 7.09. The van der Waals surface area contributed by atoms with E-state index in [0.29, 0.717) is 0 Å². The van der Waals surface area contributed by atoms with Crippen LogP contribution in [0.1, 0.15) is 30.3 Å². The number of hydrogen-bond donors (Lipinski definition) is 1. The minimum absolute atomic E-state index is 0.108. The number of aliphatic carboxylic acids is 1. The van der Waals surface area contributed by atoms with Crippen LogP contribution in [0.2, 0.25) is 0 Å². The first-order chi connectivity index (χ1) is 6.46. The summed E-state index contributed by atoms with van der Waals surface area (Å²) in [6, 6.07) is 0. The smallest absolute Gasteiger partial charge is 0.307 e. The van der Waals surface area contributed by atoms with Crippen LogP contribution in [-0.2, 0) is 4.79 Å². The minimum Gasteiger partial charge on any atom is -0.481 e. The van der Waals surface area contributed by atoms with Gasteiger partial charge in [0, 0.05) is 10.8 Å². The molecule has 2 atom stereocenters. The third-order valence-electron chi connectivity index (χ3n) is 3.16. The average Bonchev–Trinajstić information content (AvgIpc) is 2.42. The Bertz CT molecular complexity index is 383. The van der Waals surface area contributed by atoms with Gasteiger partial charge in [-0.1, -0.05) is 13.8 Å². The van der Waals surface area contributed by atoms with E-state index in [2.05, 4.69) is 4.98 Å². The fourth-order valence-corrected chi connectivity index (χ4v) is 3.33. The molecule has 0 bridgehead atoms. The predicted octanol–water partition coefficient (Wildman–Crippen LogP) is 2.28. The molecule has 1 aromatic rings. The molecule has 1 aromatic heterocycles. The van der Waals surface area contributed by atoms with E-state index in [1.165, 1.54) is 0 Å². The normalized spacial score (nSPS) is 28.8. The number of rotatable bonds is 2. The first-order valence-electron chi connectivity index (χ1n) is 4.59. The van der Waals surface area contributed by atoms with Crippen LogP contribution in [0.5, 0.6) is 0 Å². The van der Waals surface area contributed by atoms with Gasteiger partial charge in [-0.15, -0.1) is 11.3 Å². The van der Waals surface area contributed by atoms with Crippen molar-refractivity contribution in [2.45, 2.75) is 26.7 Å². The van der Waals surface area contributed by atoms with Gasteiger partial charge in [0.05, 0.1) is 17.1 Å². The van der Waals surface area contributed by atoms with Crippen LogP contribution < -0.4 is 0 Å². The number of carbonyl (C=O) groups is 1. The molecule has 3 nitrogen and oxygen atoms in total. The molecule has 14 heavy (non-hydrogen) atoms. The zero-order chi connectivity index (χ0) is 10.5. The lowest BCUT2D eigenvalue weighted by atomic mass is 10.1. The standard InChI is InChI=1S/C10H13NO2S/c1-5-8(14-4-11-5)6-7(9(12)13)10(6,2)3/h4,6-7H,1-3H3,(H,12,13)/t6-,7-/m0/s1. The molecule has 1 fully saturated rings. The topological polar surface area (TPSA) is 50.2 Å². The quantitative estimate of drug-likeness (QED) is 0.816. The summed E-state index contributed by atoms with van der Waals surface area (Å²) < 4.78 is 0. The number of carboxylic acid groups (broad SMARTS) is 1. The summed E-state index contributed by atoms with van der Waals surface area (Å²) in [6.07, 6.45) is 0. The van der Waals surface area contributed by atoms with E-state index < -0.39 is 5.97 Å². The van der Waals surface area contributed by atoms with Gasteiger partial charge >= 0.3 is 5.97 Å². The van der Waals surface area contributed by atoms with Gasteiger partial charge in [0.15, 0.2) is 0 Å². The molecule has 76 valence electrons. The number of nitrogens with zero attached hydrogens (tertiary/aromatic N) is 1. The van der Waals surface area contributed by atoms with Crippen molar-refractivity contribution in [1.29, 1.82) is 0 Å². The molecule has 0 radical (unpaired) electrons. The van der Waals surface area contributed by atoms with Crippen molar-refractivity contribution in [3.8, 4) is 0 Å². The molecule has 1 aliphatic rings. The Morgan fingerprint density at radius 2 is 2.29 bits per heavy atom. The summed E-state index contributed by atoms with van der Waals surface area (Å²) in [4.78, 5) is 16.3. The maximum atomic E-state index is 11.0. The van der Waals surface area contributed by atoms with Crippen molar-refractivity contribution < 1.29 is 9.90 Å². The molecular formula is C10H13NO2S. The Balaban J connectivity index is 2.32. The summed E-state index contributed by atoms with van der Waals surface area (Å²) in [5.74, 6) is -0.762. The lowest BCUT2D eigenvalue weighted by Crippen LogP contribution is -2.03. The largest absolute Gasteiger partial charge is 0.481 e. The van der Waals surface area contributed by atoms with Gasteiger partial charge in [-0.05, 0) is 12.3 Å². The lowest BCUT2D eigenvalue weighted by Gasteiger charge is -1.99. The van der Waals surface area contributed by atoms with E-state index in [0.717, 1.165) is 10.6 Å². The van der Waals surface area contributed by atoms with E-state index in [4.69, 9.17) is 5.11 Å². The number of thiazole rings is 1. The molecule has 1 heterocycles. The van der Waals surface area contributed by atoms with Gasteiger partial charge in [0.2, 0.25) is 0 Å². The van der Waals surface area contributed by atoms with Gasteiger partial charge in [0.1, 0.15) is 0 Å². The third-order valence-corrected chi connectivity index (χ3v) is 4.17.